The highest BCUT2D eigenvalue weighted by atomic mass is 16.6. The minimum Gasteiger partial charge on any atom is -0.479 e. The van der Waals surface area contributed by atoms with Crippen molar-refractivity contribution < 1.29 is 30.0 Å². The number of carboxylic acids is 1. The molecule has 1 saturated heterocycles. The third-order valence-corrected chi connectivity index (χ3v) is 2.66. The van der Waals surface area contributed by atoms with Crippen molar-refractivity contribution in [3.8, 4) is 0 Å². The summed E-state index contributed by atoms with van der Waals surface area (Å²) in [5.74, 6) is -1.15. The quantitative estimate of drug-likeness (QED) is 0.497. The number of aliphatic carboxylic acids is 1. The average molecular weight is 234 g/mol. The van der Waals surface area contributed by atoms with Gasteiger partial charge in [-0.25, -0.2) is 4.79 Å². The lowest BCUT2D eigenvalue weighted by atomic mass is 9.90. The third-order valence-electron chi connectivity index (χ3n) is 2.66. The van der Waals surface area contributed by atoms with Crippen LogP contribution in [0, 0.1) is 5.92 Å². The standard InChI is InChI=1S/C10H18O6/c1-4(2)3-5-6(11)7(12)8(13)9(16-5)10(14)15/h4-9,11-13H,3H2,1-2H3,(H,14,15). The number of carbonyl (C=O) groups is 1. The minimum absolute atomic E-state index is 0.191. The van der Waals surface area contributed by atoms with E-state index in [1.54, 1.807) is 0 Å². The Morgan fingerprint density at radius 2 is 1.75 bits per heavy atom. The van der Waals surface area contributed by atoms with E-state index in [0.717, 1.165) is 0 Å². The van der Waals surface area contributed by atoms with Gasteiger partial charge in [0.1, 0.15) is 18.3 Å². The van der Waals surface area contributed by atoms with Crippen LogP contribution in [0.1, 0.15) is 20.3 Å². The van der Waals surface area contributed by atoms with Crippen molar-refractivity contribution in [3.05, 3.63) is 0 Å². The van der Waals surface area contributed by atoms with E-state index in [0.29, 0.717) is 6.42 Å². The number of hydrogen-bond acceptors (Lipinski definition) is 5. The molecular formula is C10H18O6. The summed E-state index contributed by atoms with van der Waals surface area (Å²) >= 11 is 0. The van der Waals surface area contributed by atoms with Crippen molar-refractivity contribution in [1.82, 2.24) is 0 Å². The third kappa shape index (κ3) is 2.70. The molecule has 0 aromatic rings. The van der Waals surface area contributed by atoms with Gasteiger partial charge in [-0.1, -0.05) is 13.8 Å². The highest BCUT2D eigenvalue weighted by Gasteiger charge is 2.46. The lowest BCUT2D eigenvalue weighted by molar-refractivity contribution is -0.230. The second kappa shape index (κ2) is 5.09. The van der Waals surface area contributed by atoms with E-state index >= 15 is 0 Å². The van der Waals surface area contributed by atoms with Gasteiger partial charge in [-0.05, 0) is 12.3 Å². The van der Waals surface area contributed by atoms with Crippen LogP contribution in [-0.2, 0) is 9.53 Å². The maximum absolute atomic E-state index is 10.8. The van der Waals surface area contributed by atoms with E-state index in [4.69, 9.17) is 9.84 Å². The second-order valence-corrected chi connectivity index (χ2v) is 4.53. The molecule has 6 nitrogen and oxygen atoms in total. The molecule has 1 rings (SSSR count). The molecule has 0 bridgehead atoms. The van der Waals surface area contributed by atoms with Crippen LogP contribution < -0.4 is 0 Å². The van der Waals surface area contributed by atoms with Crippen molar-refractivity contribution >= 4 is 5.97 Å². The van der Waals surface area contributed by atoms with Crippen molar-refractivity contribution in [1.29, 1.82) is 0 Å². The van der Waals surface area contributed by atoms with Gasteiger partial charge in [0.25, 0.3) is 0 Å². The molecule has 0 radical (unpaired) electrons. The fraction of sp³-hybridized carbons (Fsp3) is 0.900. The maximum Gasteiger partial charge on any atom is 0.335 e. The summed E-state index contributed by atoms with van der Waals surface area (Å²) in [7, 11) is 0. The van der Waals surface area contributed by atoms with Gasteiger partial charge in [0.05, 0.1) is 6.10 Å². The van der Waals surface area contributed by atoms with E-state index in [2.05, 4.69) is 0 Å². The molecule has 6 heteroatoms. The molecule has 0 spiro atoms. The van der Waals surface area contributed by atoms with Crippen molar-refractivity contribution in [2.45, 2.75) is 50.8 Å². The van der Waals surface area contributed by atoms with Gasteiger partial charge in [-0.15, -0.1) is 0 Å². The number of hydrogen-bond donors (Lipinski definition) is 4. The Morgan fingerprint density at radius 3 is 2.19 bits per heavy atom. The monoisotopic (exact) mass is 234 g/mol. The van der Waals surface area contributed by atoms with Crippen LogP contribution in [0.4, 0.5) is 0 Å². The van der Waals surface area contributed by atoms with Crippen LogP contribution in [0.3, 0.4) is 0 Å². The molecule has 0 saturated carbocycles. The summed E-state index contributed by atoms with van der Waals surface area (Å²) in [6, 6.07) is 0. The van der Waals surface area contributed by atoms with E-state index in [1.807, 2.05) is 13.8 Å². The molecule has 4 N–H and O–H groups in total. The summed E-state index contributed by atoms with van der Waals surface area (Å²) in [6.07, 6.45) is -6.17. The van der Waals surface area contributed by atoms with Gasteiger partial charge in [0.2, 0.25) is 0 Å². The molecule has 5 unspecified atom stereocenters. The van der Waals surface area contributed by atoms with E-state index in [9.17, 15) is 20.1 Å². The summed E-state index contributed by atoms with van der Waals surface area (Å²) in [5, 5.41) is 37.3. The van der Waals surface area contributed by atoms with Gasteiger partial charge in [0, 0.05) is 0 Å². The van der Waals surface area contributed by atoms with Gasteiger partial charge in [-0.3, -0.25) is 0 Å². The van der Waals surface area contributed by atoms with Crippen molar-refractivity contribution in [2.75, 3.05) is 0 Å². The molecule has 1 aliphatic rings. The summed E-state index contributed by atoms with van der Waals surface area (Å²) < 4.78 is 5.09. The smallest absolute Gasteiger partial charge is 0.335 e. The van der Waals surface area contributed by atoms with Crippen LogP contribution in [0.25, 0.3) is 0 Å². The zero-order chi connectivity index (χ0) is 12.5. The normalized spacial score (nSPS) is 40.0. The van der Waals surface area contributed by atoms with Gasteiger partial charge in [-0.2, -0.15) is 0 Å². The van der Waals surface area contributed by atoms with Gasteiger partial charge >= 0.3 is 5.97 Å². The SMILES string of the molecule is CC(C)CC1OC(C(=O)O)C(O)C(O)C1O. The Morgan fingerprint density at radius 1 is 1.19 bits per heavy atom. The molecule has 0 aromatic carbocycles. The Hall–Kier alpha value is -0.690. The first-order chi connectivity index (χ1) is 7.34. The molecule has 94 valence electrons. The molecule has 5 atom stereocenters. The average Bonchev–Trinajstić information content (AvgIpc) is 2.18. The fourth-order valence-corrected chi connectivity index (χ4v) is 1.81. The molecule has 0 aromatic heterocycles. The van der Waals surface area contributed by atoms with Gasteiger partial charge < -0.3 is 25.2 Å². The highest BCUT2D eigenvalue weighted by molar-refractivity contribution is 5.73. The molecule has 1 heterocycles. The fourth-order valence-electron chi connectivity index (χ4n) is 1.81. The molecule has 0 amide bonds. The number of carboxylic acid groups (broad SMARTS) is 1. The van der Waals surface area contributed by atoms with Crippen LogP contribution in [0.15, 0.2) is 0 Å². The first-order valence-electron chi connectivity index (χ1n) is 5.27. The Bertz CT molecular complexity index is 254. The number of aliphatic hydroxyl groups is 3. The molecule has 1 fully saturated rings. The second-order valence-electron chi connectivity index (χ2n) is 4.53. The zero-order valence-corrected chi connectivity index (χ0v) is 9.28. The summed E-state index contributed by atoms with van der Waals surface area (Å²) in [5.41, 5.74) is 0. The Balaban J connectivity index is 2.77. The van der Waals surface area contributed by atoms with Crippen molar-refractivity contribution in [3.63, 3.8) is 0 Å². The largest absolute Gasteiger partial charge is 0.479 e. The lowest BCUT2D eigenvalue weighted by Crippen LogP contribution is -2.59. The Labute approximate surface area is 93.5 Å². The highest BCUT2D eigenvalue weighted by Crippen LogP contribution is 2.25. The van der Waals surface area contributed by atoms with Crippen LogP contribution in [0.5, 0.6) is 0 Å². The summed E-state index contributed by atoms with van der Waals surface area (Å²) in [4.78, 5) is 10.8. The van der Waals surface area contributed by atoms with E-state index in [-0.39, 0.29) is 5.92 Å². The number of aliphatic hydroxyl groups excluding tert-OH is 3. The van der Waals surface area contributed by atoms with Crippen molar-refractivity contribution in [2.24, 2.45) is 5.92 Å². The molecule has 16 heavy (non-hydrogen) atoms. The van der Waals surface area contributed by atoms with Gasteiger partial charge in [0.15, 0.2) is 6.10 Å². The first-order valence-corrected chi connectivity index (χ1v) is 5.27. The number of rotatable bonds is 3. The zero-order valence-electron chi connectivity index (χ0n) is 9.28. The lowest BCUT2D eigenvalue weighted by Gasteiger charge is -2.39. The minimum atomic E-state index is -1.60. The van der Waals surface area contributed by atoms with E-state index in [1.165, 1.54) is 0 Å². The number of ether oxygens (including phenoxy) is 1. The maximum atomic E-state index is 10.8. The molecule has 1 aliphatic heterocycles. The topological polar surface area (TPSA) is 107 Å². The Kier molecular flexibility index (Phi) is 4.26. The van der Waals surface area contributed by atoms with Crippen LogP contribution in [0.2, 0.25) is 0 Å². The first kappa shape index (κ1) is 13.4. The molecular weight excluding hydrogens is 216 g/mol. The van der Waals surface area contributed by atoms with Crippen LogP contribution in [-0.4, -0.2) is 56.9 Å². The molecule has 0 aliphatic carbocycles. The van der Waals surface area contributed by atoms with E-state index < -0.39 is 36.5 Å². The predicted octanol–water partition coefficient (Wildman–Crippen LogP) is -1.03. The predicted molar refractivity (Wildman–Crippen MR) is 53.8 cm³/mol. The summed E-state index contributed by atoms with van der Waals surface area (Å²) in [6.45, 7) is 3.78. The van der Waals surface area contributed by atoms with Crippen LogP contribution >= 0.6 is 0 Å².